The summed E-state index contributed by atoms with van der Waals surface area (Å²) < 4.78 is 0. The molecule has 6 N–H and O–H groups in total. The number of carboxylic acids is 1. The van der Waals surface area contributed by atoms with Crippen molar-refractivity contribution in [2.75, 3.05) is 17.6 Å². The van der Waals surface area contributed by atoms with Gasteiger partial charge in [0.05, 0.1) is 5.69 Å². The lowest BCUT2D eigenvalue weighted by Crippen LogP contribution is -2.17. The van der Waals surface area contributed by atoms with Crippen LogP contribution in [0.5, 0.6) is 0 Å². The summed E-state index contributed by atoms with van der Waals surface area (Å²) in [4.78, 5) is 24.9. The number of hydrogen-bond acceptors (Lipinski definition) is 5. The normalized spacial score (nSPS) is 9.75. The van der Waals surface area contributed by atoms with Gasteiger partial charge in [0.25, 0.3) is 0 Å². The number of rotatable bonds is 5. The number of nitrogen functional groups attached to an aromatic ring is 1. The Morgan fingerprint density at radius 2 is 2.12 bits per heavy atom. The third kappa shape index (κ3) is 3.12. The van der Waals surface area contributed by atoms with Gasteiger partial charge in [-0.05, 0) is 12.1 Å². The molecule has 0 saturated carbocycles. The summed E-state index contributed by atoms with van der Waals surface area (Å²) in [5.74, 6) is -1.36. The van der Waals surface area contributed by atoms with Gasteiger partial charge in [0.2, 0.25) is 5.91 Å². The van der Waals surface area contributed by atoms with Gasteiger partial charge in [-0.15, -0.1) is 0 Å². The molecule has 0 atom stereocenters. The van der Waals surface area contributed by atoms with Crippen LogP contribution in [0.4, 0.5) is 11.5 Å². The van der Waals surface area contributed by atoms with Crippen molar-refractivity contribution in [3.63, 3.8) is 0 Å². The van der Waals surface area contributed by atoms with Crippen LogP contribution in [0.1, 0.15) is 16.9 Å². The van der Waals surface area contributed by atoms with Crippen molar-refractivity contribution in [1.29, 1.82) is 0 Å². The number of primary amides is 1. The van der Waals surface area contributed by atoms with E-state index in [-0.39, 0.29) is 24.5 Å². The van der Waals surface area contributed by atoms with E-state index in [0.29, 0.717) is 5.69 Å². The number of pyridine rings is 1. The molecule has 1 rings (SSSR count). The number of aromatic nitrogens is 1. The Morgan fingerprint density at radius 3 is 2.69 bits per heavy atom. The average molecular weight is 224 g/mol. The lowest BCUT2D eigenvalue weighted by atomic mass is 10.3. The molecule has 0 saturated heterocycles. The van der Waals surface area contributed by atoms with Crippen molar-refractivity contribution in [3.8, 4) is 0 Å². The third-order valence-corrected chi connectivity index (χ3v) is 1.81. The Kier molecular flexibility index (Phi) is 3.65. The third-order valence-electron chi connectivity index (χ3n) is 1.81. The Labute approximate surface area is 91.5 Å². The largest absolute Gasteiger partial charge is 0.477 e. The van der Waals surface area contributed by atoms with Gasteiger partial charge in [0.15, 0.2) is 5.69 Å². The van der Waals surface area contributed by atoms with Crippen LogP contribution in [-0.2, 0) is 4.79 Å². The number of carbonyl (C=O) groups excluding carboxylic acids is 1. The predicted octanol–water partition coefficient (Wildman–Crippen LogP) is -0.351. The number of carbonyl (C=O) groups is 2. The molecule has 1 aromatic heterocycles. The highest BCUT2D eigenvalue weighted by Crippen LogP contribution is 2.15. The number of aromatic carboxylic acids is 1. The second-order valence-corrected chi connectivity index (χ2v) is 3.08. The van der Waals surface area contributed by atoms with Crippen molar-refractivity contribution < 1.29 is 14.7 Å². The van der Waals surface area contributed by atoms with E-state index < -0.39 is 11.9 Å². The molecule has 0 aliphatic rings. The Morgan fingerprint density at radius 1 is 1.44 bits per heavy atom. The van der Waals surface area contributed by atoms with E-state index in [1.54, 1.807) is 0 Å². The highest BCUT2D eigenvalue weighted by molar-refractivity contribution is 5.86. The molecule has 0 aliphatic heterocycles. The topological polar surface area (TPSA) is 131 Å². The summed E-state index contributed by atoms with van der Waals surface area (Å²) in [6.45, 7) is 0.260. The predicted molar refractivity (Wildman–Crippen MR) is 57.9 cm³/mol. The van der Waals surface area contributed by atoms with E-state index in [0.717, 1.165) is 0 Å². The number of anilines is 2. The highest BCUT2D eigenvalue weighted by Gasteiger charge is 2.08. The zero-order valence-corrected chi connectivity index (χ0v) is 8.43. The first-order valence-electron chi connectivity index (χ1n) is 4.52. The zero-order chi connectivity index (χ0) is 12.1. The lowest BCUT2D eigenvalue weighted by Gasteiger charge is -2.07. The molecule has 7 nitrogen and oxygen atoms in total. The number of amides is 1. The summed E-state index contributed by atoms with van der Waals surface area (Å²) in [6, 6.07) is 2.74. The molecular weight excluding hydrogens is 212 g/mol. The molecule has 1 heterocycles. The molecule has 16 heavy (non-hydrogen) atoms. The van der Waals surface area contributed by atoms with Crippen LogP contribution in [0.15, 0.2) is 12.1 Å². The molecule has 0 unspecified atom stereocenters. The molecular formula is C9H12N4O3. The molecule has 86 valence electrons. The Bertz CT molecular complexity index is 419. The zero-order valence-electron chi connectivity index (χ0n) is 8.43. The molecule has 0 aromatic carbocycles. The van der Waals surface area contributed by atoms with Crippen LogP contribution in [0, 0.1) is 0 Å². The summed E-state index contributed by atoms with van der Waals surface area (Å²) >= 11 is 0. The van der Waals surface area contributed by atoms with Crippen molar-refractivity contribution in [3.05, 3.63) is 17.8 Å². The molecule has 0 fully saturated rings. The molecule has 1 amide bonds. The fourth-order valence-electron chi connectivity index (χ4n) is 1.03. The minimum Gasteiger partial charge on any atom is -0.477 e. The van der Waals surface area contributed by atoms with Crippen molar-refractivity contribution in [2.24, 2.45) is 5.73 Å². The van der Waals surface area contributed by atoms with Gasteiger partial charge in [-0.3, -0.25) is 4.79 Å². The molecule has 0 aliphatic carbocycles. The molecule has 0 radical (unpaired) electrons. The standard InChI is InChI=1S/C9H12N4O3/c10-5-1-2-6(9(15)16)13-8(5)12-4-3-7(11)14/h1-2H,3-4,10H2,(H2,11,14)(H,12,13)(H,15,16). The monoisotopic (exact) mass is 224 g/mol. The maximum atomic E-state index is 10.6. The summed E-state index contributed by atoms with van der Waals surface area (Å²) in [5.41, 5.74) is 10.7. The second kappa shape index (κ2) is 4.96. The van der Waals surface area contributed by atoms with Crippen LogP contribution >= 0.6 is 0 Å². The van der Waals surface area contributed by atoms with Gasteiger partial charge in [0, 0.05) is 13.0 Å². The van der Waals surface area contributed by atoms with Crippen molar-refractivity contribution >= 4 is 23.4 Å². The molecule has 1 aromatic rings. The van der Waals surface area contributed by atoms with Gasteiger partial charge >= 0.3 is 5.97 Å². The summed E-state index contributed by atoms with van der Waals surface area (Å²) in [7, 11) is 0. The van der Waals surface area contributed by atoms with Gasteiger partial charge in [-0.25, -0.2) is 9.78 Å². The van der Waals surface area contributed by atoms with Crippen LogP contribution in [-0.4, -0.2) is 28.5 Å². The summed E-state index contributed by atoms with van der Waals surface area (Å²) in [5, 5.41) is 11.4. The first-order valence-corrected chi connectivity index (χ1v) is 4.52. The van der Waals surface area contributed by atoms with E-state index in [4.69, 9.17) is 16.6 Å². The van der Waals surface area contributed by atoms with Crippen LogP contribution < -0.4 is 16.8 Å². The van der Waals surface area contributed by atoms with Gasteiger partial charge in [-0.2, -0.15) is 0 Å². The average Bonchev–Trinajstić information content (AvgIpc) is 2.20. The second-order valence-electron chi connectivity index (χ2n) is 3.08. The minimum absolute atomic E-state index is 0.115. The maximum Gasteiger partial charge on any atom is 0.354 e. The highest BCUT2D eigenvalue weighted by atomic mass is 16.4. The lowest BCUT2D eigenvalue weighted by molar-refractivity contribution is -0.117. The van der Waals surface area contributed by atoms with E-state index >= 15 is 0 Å². The molecule has 7 heteroatoms. The minimum atomic E-state index is -1.14. The fourth-order valence-corrected chi connectivity index (χ4v) is 1.03. The van der Waals surface area contributed by atoms with Crippen LogP contribution in [0.3, 0.4) is 0 Å². The Balaban J connectivity index is 2.74. The fraction of sp³-hybridized carbons (Fsp3) is 0.222. The van der Waals surface area contributed by atoms with E-state index in [2.05, 4.69) is 10.3 Å². The number of nitrogens with zero attached hydrogens (tertiary/aromatic N) is 1. The maximum absolute atomic E-state index is 10.6. The number of carboxylic acid groups (broad SMARTS) is 1. The van der Waals surface area contributed by atoms with Crippen LogP contribution in [0.25, 0.3) is 0 Å². The Hall–Kier alpha value is -2.31. The van der Waals surface area contributed by atoms with Crippen LogP contribution in [0.2, 0.25) is 0 Å². The first kappa shape index (κ1) is 11.8. The smallest absolute Gasteiger partial charge is 0.354 e. The van der Waals surface area contributed by atoms with E-state index in [1.165, 1.54) is 12.1 Å². The van der Waals surface area contributed by atoms with E-state index in [1.807, 2.05) is 0 Å². The van der Waals surface area contributed by atoms with Gasteiger partial charge in [-0.1, -0.05) is 0 Å². The van der Waals surface area contributed by atoms with Crippen molar-refractivity contribution in [1.82, 2.24) is 4.98 Å². The SMILES string of the molecule is NC(=O)CCNc1nc(C(=O)O)ccc1N. The van der Waals surface area contributed by atoms with Gasteiger partial charge in [0.1, 0.15) is 5.82 Å². The van der Waals surface area contributed by atoms with Gasteiger partial charge < -0.3 is 21.9 Å². The number of nitrogens with one attached hydrogen (secondary N) is 1. The van der Waals surface area contributed by atoms with Crippen molar-refractivity contribution in [2.45, 2.75) is 6.42 Å². The number of nitrogens with two attached hydrogens (primary N) is 2. The van der Waals surface area contributed by atoms with E-state index in [9.17, 15) is 9.59 Å². The molecule has 0 spiro atoms. The quantitative estimate of drug-likeness (QED) is 0.540. The number of hydrogen-bond donors (Lipinski definition) is 4. The molecule has 0 bridgehead atoms. The summed E-state index contributed by atoms with van der Waals surface area (Å²) in [6.07, 6.45) is 0.123. The first-order chi connectivity index (χ1) is 7.50.